The van der Waals surface area contributed by atoms with E-state index in [1.54, 1.807) is 6.07 Å². The normalized spacial score (nSPS) is 11.8. The van der Waals surface area contributed by atoms with Gasteiger partial charge in [-0.2, -0.15) is 5.10 Å². The number of unbranched alkanes of at least 4 members (excludes halogenated alkanes) is 2. The molecule has 0 spiro atoms. The second kappa shape index (κ2) is 6.24. The molecule has 1 aromatic heterocycles. The van der Waals surface area contributed by atoms with E-state index in [2.05, 4.69) is 24.0 Å². The maximum Gasteiger partial charge on any atom is 0.196 e. The number of aromatic nitrogens is 2. The highest BCUT2D eigenvalue weighted by Gasteiger charge is 2.28. The lowest BCUT2D eigenvalue weighted by atomic mass is 9.86. The van der Waals surface area contributed by atoms with Crippen LogP contribution >= 0.6 is 0 Å². The van der Waals surface area contributed by atoms with E-state index >= 15 is 0 Å². The fourth-order valence-electron chi connectivity index (χ4n) is 2.97. The number of benzene rings is 2. The molecule has 0 aliphatic heterocycles. The Morgan fingerprint density at radius 1 is 1.04 bits per heavy atom. The smallest absolute Gasteiger partial charge is 0.196 e. The summed E-state index contributed by atoms with van der Waals surface area (Å²) in [5, 5.41) is 8.16. The molecule has 0 unspecified atom stereocenters. The zero-order valence-electron chi connectivity index (χ0n) is 13.5. The third-order valence-electron chi connectivity index (χ3n) is 4.12. The van der Waals surface area contributed by atoms with Crippen LogP contribution in [0.15, 0.2) is 36.4 Å². The van der Waals surface area contributed by atoms with E-state index in [1.165, 1.54) is 19.3 Å². The lowest BCUT2D eigenvalue weighted by Crippen LogP contribution is -2.11. The van der Waals surface area contributed by atoms with Gasteiger partial charge in [0.05, 0.1) is 11.1 Å². The molecule has 23 heavy (non-hydrogen) atoms. The summed E-state index contributed by atoms with van der Waals surface area (Å²) in [5.41, 5.74) is 10.2. The second-order valence-corrected chi connectivity index (χ2v) is 5.75. The number of hydrogen-bond donors (Lipinski definition) is 2. The molecule has 0 radical (unpaired) electrons. The SMILES string of the molecule is CCCCC.Nc1cccc2c1C(=O)c1cccc3[nH]nc-2c13. The molecule has 2 aromatic carbocycles. The monoisotopic (exact) mass is 307 g/mol. The predicted octanol–water partition coefficient (Wildman–Crippen LogP) is 4.55. The maximum atomic E-state index is 12.5. The summed E-state index contributed by atoms with van der Waals surface area (Å²) in [6.45, 7) is 4.42. The van der Waals surface area contributed by atoms with Gasteiger partial charge in [0.2, 0.25) is 0 Å². The highest BCUT2D eigenvalue weighted by atomic mass is 16.1. The van der Waals surface area contributed by atoms with Crippen LogP contribution in [-0.2, 0) is 0 Å². The van der Waals surface area contributed by atoms with Crippen LogP contribution in [0, 0.1) is 0 Å². The van der Waals surface area contributed by atoms with Crippen LogP contribution in [-0.4, -0.2) is 16.0 Å². The number of fused-ring (bicyclic) bond motifs is 2. The summed E-state index contributed by atoms with van der Waals surface area (Å²) in [6.07, 6.45) is 4.08. The summed E-state index contributed by atoms with van der Waals surface area (Å²) in [5.74, 6) is -0.0254. The first kappa shape index (κ1) is 15.3. The molecule has 4 nitrogen and oxygen atoms in total. The maximum absolute atomic E-state index is 12.5. The first-order valence-corrected chi connectivity index (χ1v) is 8.09. The minimum Gasteiger partial charge on any atom is -0.398 e. The van der Waals surface area contributed by atoms with Crippen molar-refractivity contribution in [2.24, 2.45) is 0 Å². The van der Waals surface area contributed by atoms with Crippen LogP contribution in [0.4, 0.5) is 5.69 Å². The molecular weight excluding hydrogens is 286 g/mol. The fourth-order valence-corrected chi connectivity index (χ4v) is 2.97. The largest absolute Gasteiger partial charge is 0.398 e. The van der Waals surface area contributed by atoms with Gasteiger partial charge in [-0.15, -0.1) is 0 Å². The van der Waals surface area contributed by atoms with E-state index in [1.807, 2.05) is 30.3 Å². The van der Waals surface area contributed by atoms with Crippen LogP contribution < -0.4 is 5.73 Å². The minimum atomic E-state index is -0.0254. The summed E-state index contributed by atoms with van der Waals surface area (Å²) >= 11 is 0. The number of nitrogens with zero attached hydrogens (tertiary/aromatic N) is 1. The molecule has 0 amide bonds. The molecule has 1 heterocycles. The van der Waals surface area contributed by atoms with Crippen LogP contribution in [0.5, 0.6) is 0 Å². The zero-order chi connectivity index (χ0) is 16.4. The van der Waals surface area contributed by atoms with Crippen LogP contribution in [0.3, 0.4) is 0 Å². The summed E-state index contributed by atoms with van der Waals surface area (Å²) in [6, 6.07) is 11.1. The molecule has 0 atom stereocenters. The third kappa shape index (κ3) is 2.50. The van der Waals surface area contributed by atoms with Crippen molar-refractivity contribution in [3.8, 4) is 11.3 Å². The van der Waals surface area contributed by atoms with E-state index in [0.29, 0.717) is 16.8 Å². The highest BCUT2D eigenvalue weighted by molar-refractivity contribution is 6.26. The van der Waals surface area contributed by atoms with Gasteiger partial charge in [-0.3, -0.25) is 9.89 Å². The Morgan fingerprint density at radius 3 is 2.43 bits per heavy atom. The van der Waals surface area contributed by atoms with Crippen molar-refractivity contribution in [1.29, 1.82) is 0 Å². The first-order valence-electron chi connectivity index (χ1n) is 8.09. The molecule has 118 valence electrons. The number of H-pyrrole nitrogens is 1. The number of rotatable bonds is 2. The molecule has 0 fully saturated rings. The minimum absolute atomic E-state index is 0.0254. The first-order chi connectivity index (χ1) is 11.2. The molecule has 0 saturated heterocycles. The van der Waals surface area contributed by atoms with E-state index in [0.717, 1.165) is 22.2 Å². The standard InChI is InChI=1S/C14H9N3O.C5H12/c15-9-5-1-3-7-11(9)14(18)8-4-2-6-10-12(8)13(7)17-16-10;1-3-5-4-2/h1-6H,15H2,(H,16,17);3-5H2,1-2H3. The van der Waals surface area contributed by atoms with Crippen molar-refractivity contribution < 1.29 is 4.79 Å². The number of hydrogen-bond acceptors (Lipinski definition) is 3. The van der Waals surface area contributed by atoms with E-state index in [-0.39, 0.29) is 5.78 Å². The number of anilines is 1. The molecule has 4 heteroatoms. The van der Waals surface area contributed by atoms with Gasteiger partial charge in [-0.25, -0.2) is 0 Å². The van der Waals surface area contributed by atoms with Gasteiger partial charge in [-0.1, -0.05) is 57.4 Å². The lowest BCUT2D eigenvalue weighted by Gasteiger charge is -2.16. The predicted molar refractivity (Wildman–Crippen MR) is 94.6 cm³/mol. The highest BCUT2D eigenvalue weighted by Crippen LogP contribution is 2.39. The number of ketones is 1. The van der Waals surface area contributed by atoms with Gasteiger partial charge in [0, 0.05) is 22.2 Å². The molecule has 3 N–H and O–H groups in total. The Balaban J connectivity index is 0.000000276. The van der Waals surface area contributed by atoms with E-state index < -0.39 is 0 Å². The van der Waals surface area contributed by atoms with Crippen molar-refractivity contribution in [2.45, 2.75) is 33.1 Å². The molecular formula is C19H21N3O. The molecule has 0 saturated carbocycles. The van der Waals surface area contributed by atoms with Crippen LogP contribution in [0.2, 0.25) is 0 Å². The number of carbonyl (C=O) groups excluding carboxylic acids is 1. The van der Waals surface area contributed by atoms with Crippen molar-refractivity contribution in [1.82, 2.24) is 10.2 Å². The third-order valence-corrected chi connectivity index (χ3v) is 4.12. The summed E-state index contributed by atoms with van der Waals surface area (Å²) in [7, 11) is 0. The molecule has 1 aliphatic rings. The summed E-state index contributed by atoms with van der Waals surface area (Å²) in [4.78, 5) is 12.5. The molecule has 3 aromatic rings. The van der Waals surface area contributed by atoms with Gasteiger partial charge < -0.3 is 5.73 Å². The lowest BCUT2D eigenvalue weighted by molar-refractivity contribution is 0.104. The fraction of sp³-hybridized carbons (Fsp3) is 0.263. The average Bonchev–Trinajstić information content (AvgIpc) is 2.99. The molecule has 0 bridgehead atoms. The Bertz CT molecular complexity index is 862. The number of aromatic amines is 1. The van der Waals surface area contributed by atoms with E-state index in [9.17, 15) is 4.79 Å². The van der Waals surface area contributed by atoms with Gasteiger partial charge in [0.1, 0.15) is 5.69 Å². The molecule has 4 rings (SSSR count). The Morgan fingerprint density at radius 2 is 1.74 bits per heavy atom. The Kier molecular flexibility index (Phi) is 4.15. The average molecular weight is 307 g/mol. The zero-order valence-corrected chi connectivity index (χ0v) is 13.5. The van der Waals surface area contributed by atoms with Crippen molar-refractivity contribution in [2.75, 3.05) is 5.73 Å². The number of nitrogen functional groups attached to an aromatic ring is 1. The topological polar surface area (TPSA) is 71.8 Å². The quantitative estimate of drug-likeness (QED) is 0.533. The van der Waals surface area contributed by atoms with Gasteiger partial charge in [0.15, 0.2) is 5.78 Å². The van der Waals surface area contributed by atoms with E-state index in [4.69, 9.17) is 5.73 Å². The molecule has 1 aliphatic carbocycles. The Labute approximate surface area is 135 Å². The van der Waals surface area contributed by atoms with Crippen molar-refractivity contribution in [3.05, 3.63) is 47.5 Å². The van der Waals surface area contributed by atoms with Gasteiger partial charge >= 0.3 is 0 Å². The van der Waals surface area contributed by atoms with Crippen molar-refractivity contribution >= 4 is 22.4 Å². The number of nitrogens with two attached hydrogens (primary N) is 1. The van der Waals surface area contributed by atoms with Gasteiger partial charge in [-0.05, 0) is 12.1 Å². The van der Waals surface area contributed by atoms with Gasteiger partial charge in [0.25, 0.3) is 0 Å². The Hall–Kier alpha value is -2.62. The number of nitrogens with one attached hydrogen (secondary N) is 1. The van der Waals surface area contributed by atoms with Crippen molar-refractivity contribution in [3.63, 3.8) is 0 Å². The van der Waals surface area contributed by atoms with Crippen LogP contribution in [0.25, 0.3) is 22.2 Å². The van der Waals surface area contributed by atoms with Crippen LogP contribution in [0.1, 0.15) is 49.0 Å². The number of carbonyl (C=O) groups is 1. The second-order valence-electron chi connectivity index (χ2n) is 5.75. The summed E-state index contributed by atoms with van der Waals surface area (Å²) < 4.78 is 0.